The highest BCUT2D eigenvalue weighted by Crippen LogP contribution is 2.37. The van der Waals surface area contributed by atoms with E-state index in [1.807, 2.05) is 36.4 Å². The van der Waals surface area contributed by atoms with Crippen LogP contribution in [-0.2, 0) is 15.3 Å². The van der Waals surface area contributed by atoms with E-state index in [1.54, 1.807) is 30.8 Å². The summed E-state index contributed by atoms with van der Waals surface area (Å²) in [4.78, 5) is 13.0. The van der Waals surface area contributed by atoms with Crippen LogP contribution in [-0.4, -0.2) is 19.7 Å². The van der Waals surface area contributed by atoms with Crippen molar-refractivity contribution in [3.8, 4) is 16.9 Å². The fourth-order valence-electron chi connectivity index (χ4n) is 3.81. The first-order chi connectivity index (χ1) is 18.5. The Hall–Kier alpha value is -4.10. The number of anilines is 2. The van der Waals surface area contributed by atoms with Crippen molar-refractivity contribution in [1.82, 2.24) is 0 Å². The minimum absolute atomic E-state index is 0.224. The van der Waals surface area contributed by atoms with E-state index >= 15 is 4.39 Å². The van der Waals surface area contributed by atoms with E-state index in [-0.39, 0.29) is 12.2 Å². The number of methoxy groups -OCH3 is 1. The second-order valence-corrected chi connectivity index (χ2v) is 9.33. The van der Waals surface area contributed by atoms with Crippen LogP contribution in [0.1, 0.15) is 18.1 Å². The smallest absolute Gasteiger partial charge is 0.330 e. The van der Waals surface area contributed by atoms with Crippen molar-refractivity contribution in [2.75, 3.05) is 19.0 Å². The highest BCUT2D eigenvalue weighted by Gasteiger charge is 2.14. The van der Waals surface area contributed by atoms with Crippen molar-refractivity contribution in [2.24, 2.45) is 0 Å². The van der Waals surface area contributed by atoms with Crippen LogP contribution in [0.3, 0.4) is 0 Å². The minimum Gasteiger partial charge on any atom is -0.495 e. The Bertz CT molecular complexity index is 1440. The van der Waals surface area contributed by atoms with Gasteiger partial charge in [-0.15, -0.1) is 11.8 Å². The Morgan fingerprint density at radius 1 is 0.947 bits per heavy atom. The van der Waals surface area contributed by atoms with Crippen LogP contribution in [0.4, 0.5) is 20.2 Å². The molecule has 0 radical (unpaired) electrons. The average Bonchev–Trinajstić information content (AvgIpc) is 2.92. The predicted molar refractivity (Wildman–Crippen MR) is 150 cm³/mol. The van der Waals surface area contributed by atoms with E-state index in [2.05, 4.69) is 17.4 Å². The summed E-state index contributed by atoms with van der Waals surface area (Å²) in [5, 5.41) is 3.23. The number of hydrogen-bond acceptors (Lipinski definition) is 5. The topological polar surface area (TPSA) is 47.6 Å². The van der Waals surface area contributed by atoms with Gasteiger partial charge in [-0.3, -0.25) is 0 Å². The molecule has 0 fully saturated rings. The number of thioether (sulfide) groups is 1. The first-order valence-electron chi connectivity index (χ1n) is 12.0. The van der Waals surface area contributed by atoms with Gasteiger partial charge in [0.2, 0.25) is 0 Å². The van der Waals surface area contributed by atoms with Gasteiger partial charge in [0.1, 0.15) is 17.4 Å². The number of rotatable bonds is 10. The van der Waals surface area contributed by atoms with Gasteiger partial charge in [-0.05, 0) is 66.1 Å². The Morgan fingerprint density at radius 3 is 2.50 bits per heavy atom. The number of carbonyl (C=O) groups excluding carboxylic acids is 1. The van der Waals surface area contributed by atoms with E-state index in [0.29, 0.717) is 28.3 Å². The number of esters is 1. The van der Waals surface area contributed by atoms with Crippen LogP contribution < -0.4 is 10.1 Å². The Morgan fingerprint density at radius 2 is 1.76 bits per heavy atom. The lowest BCUT2D eigenvalue weighted by Gasteiger charge is -2.16. The molecule has 0 heterocycles. The minimum atomic E-state index is -0.530. The largest absolute Gasteiger partial charge is 0.495 e. The molecule has 0 aliphatic heterocycles. The maximum atomic E-state index is 15.2. The summed E-state index contributed by atoms with van der Waals surface area (Å²) in [5.74, 6) is -0.267. The molecule has 4 aromatic rings. The van der Waals surface area contributed by atoms with Gasteiger partial charge in [-0.2, -0.15) is 0 Å². The van der Waals surface area contributed by atoms with Crippen LogP contribution in [0, 0.1) is 11.6 Å². The molecule has 0 amide bonds. The summed E-state index contributed by atoms with van der Waals surface area (Å²) in [6, 6.07) is 24.5. The first-order valence-corrected chi connectivity index (χ1v) is 13.0. The number of benzene rings is 4. The molecule has 0 saturated heterocycles. The maximum Gasteiger partial charge on any atom is 0.330 e. The van der Waals surface area contributed by atoms with E-state index in [1.165, 1.54) is 49.1 Å². The Balaban J connectivity index is 1.65. The summed E-state index contributed by atoms with van der Waals surface area (Å²) >= 11 is 1.66. The highest BCUT2D eigenvalue weighted by molar-refractivity contribution is 7.98. The molecule has 0 spiro atoms. The van der Waals surface area contributed by atoms with Gasteiger partial charge in [0.25, 0.3) is 0 Å². The zero-order chi connectivity index (χ0) is 26.9. The Labute approximate surface area is 225 Å². The van der Waals surface area contributed by atoms with Crippen LogP contribution in [0.25, 0.3) is 17.2 Å². The molecule has 4 rings (SSSR count). The number of carbonyl (C=O) groups is 1. The molecule has 0 unspecified atom stereocenters. The third-order valence-electron chi connectivity index (χ3n) is 5.65. The van der Waals surface area contributed by atoms with Crippen molar-refractivity contribution in [3.05, 3.63) is 114 Å². The lowest BCUT2D eigenvalue weighted by atomic mass is 10.0. The standard InChI is InChI=1S/C31H27F2NO3S/c1-3-37-31(35)15-12-23-17-25(38-20-21-8-5-4-6-9-21)13-14-28(23)34-29-19-27(33)26(18-30(29)36-2)22-10-7-11-24(32)16-22/h4-19,34H,3,20H2,1-2H3. The third kappa shape index (κ3) is 7.01. The lowest BCUT2D eigenvalue weighted by molar-refractivity contribution is -0.137. The molecule has 0 aliphatic carbocycles. The molecule has 194 valence electrons. The van der Waals surface area contributed by atoms with Gasteiger partial charge in [-0.1, -0.05) is 42.5 Å². The van der Waals surface area contributed by atoms with E-state index in [9.17, 15) is 9.18 Å². The Kier molecular flexibility index (Phi) is 9.16. The summed E-state index contributed by atoms with van der Waals surface area (Å²) in [7, 11) is 1.48. The van der Waals surface area contributed by atoms with Gasteiger partial charge < -0.3 is 14.8 Å². The molecule has 0 aliphatic rings. The summed E-state index contributed by atoms with van der Waals surface area (Å²) in [6.45, 7) is 2.02. The summed E-state index contributed by atoms with van der Waals surface area (Å²) < 4.78 is 39.4. The average molecular weight is 532 g/mol. The highest BCUT2D eigenvalue weighted by atomic mass is 32.2. The molecular weight excluding hydrogens is 504 g/mol. The molecule has 0 bridgehead atoms. The molecule has 38 heavy (non-hydrogen) atoms. The van der Waals surface area contributed by atoms with Crippen molar-refractivity contribution in [2.45, 2.75) is 17.6 Å². The van der Waals surface area contributed by atoms with Crippen molar-refractivity contribution < 1.29 is 23.0 Å². The molecule has 0 atom stereocenters. The maximum absolute atomic E-state index is 15.2. The lowest BCUT2D eigenvalue weighted by Crippen LogP contribution is -2.01. The van der Waals surface area contributed by atoms with Gasteiger partial charge in [0, 0.05) is 34.0 Å². The molecule has 7 heteroatoms. The fourth-order valence-corrected chi connectivity index (χ4v) is 4.71. The van der Waals surface area contributed by atoms with Crippen molar-refractivity contribution >= 4 is 35.2 Å². The quantitative estimate of drug-likeness (QED) is 0.127. The fraction of sp³-hybridized carbons (Fsp3) is 0.129. The first kappa shape index (κ1) is 26.9. The predicted octanol–water partition coefficient (Wildman–Crippen LogP) is 8.25. The normalized spacial score (nSPS) is 10.9. The third-order valence-corrected chi connectivity index (χ3v) is 6.72. The van der Waals surface area contributed by atoms with E-state index < -0.39 is 17.6 Å². The van der Waals surface area contributed by atoms with Crippen LogP contribution in [0.2, 0.25) is 0 Å². The SMILES string of the molecule is CCOC(=O)C=Cc1cc(SCc2ccccc2)ccc1Nc1cc(F)c(-c2cccc(F)c2)cc1OC. The number of halogens is 2. The van der Waals surface area contributed by atoms with Crippen LogP contribution in [0.15, 0.2) is 95.9 Å². The zero-order valence-corrected chi connectivity index (χ0v) is 21.9. The van der Waals surface area contributed by atoms with E-state index in [4.69, 9.17) is 9.47 Å². The van der Waals surface area contributed by atoms with Crippen LogP contribution >= 0.6 is 11.8 Å². The second-order valence-electron chi connectivity index (χ2n) is 8.28. The number of hydrogen-bond donors (Lipinski definition) is 1. The molecule has 4 nitrogen and oxygen atoms in total. The number of ether oxygens (including phenoxy) is 2. The second kappa shape index (κ2) is 12.9. The van der Waals surface area contributed by atoms with Crippen molar-refractivity contribution in [3.63, 3.8) is 0 Å². The summed E-state index contributed by atoms with van der Waals surface area (Å²) in [6.07, 6.45) is 3.03. The number of nitrogens with one attached hydrogen (secondary N) is 1. The van der Waals surface area contributed by atoms with E-state index in [0.717, 1.165) is 10.6 Å². The van der Waals surface area contributed by atoms with Gasteiger partial charge in [0.15, 0.2) is 0 Å². The molecule has 0 aromatic heterocycles. The van der Waals surface area contributed by atoms with Gasteiger partial charge in [-0.25, -0.2) is 13.6 Å². The van der Waals surface area contributed by atoms with Crippen LogP contribution in [0.5, 0.6) is 5.75 Å². The molecule has 4 aromatic carbocycles. The zero-order valence-electron chi connectivity index (χ0n) is 21.0. The molecule has 1 N–H and O–H groups in total. The van der Waals surface area contributed by atoms with Gasteiger partial charge in [0.05, 0.1) is 19.4 Å². The van der Waals surface area contributed by atoms with Gasteiger partial charge >= 0.3 is 5.97 Å². The summed E-state index contributed by atoms with van der Waals surface area (Å²) in [5.41, 5.74) is 3.58. The molecular formula is C31H27F2NO3S. The monoisotopic (exact) mass is 531 g/mol. The van der Waals surface area contributed by atoms with Crippen molar-refractivity contribution in [1.29, 1.82) is 0 Å². The molecule has 0 saturated carbocycles.